The maximum Gasteiger partial charge on any atom is 0.408 e. The Morgan fingerprint density at radius 1 is 1.00 bits per heavy atom. The summed E-state index contributed by atoms with van der Waals surface area (Å²) in [7, 11) is 0. The van der Waals surface area contributed by atoms with Gasteiger partial charge in [0.1, 0.15) is 12.1 Å². The van der Waals surface area contributed by atoms with Gasteiger partial charge in [0.15, 0.2) is 0 Å². The Morgan fingerprint density at radius 3 is 2.20 bits per heavy atom. The van der Waals surface area contributed by atoms with E-state index in [2.05, 4.69) is 34.9 Å². The molecule has 0 aliphatic heterocycles. The van der Waals surface area contributed by atoms with Crippen LogP contribution < -0.4 is 10.6 Å². The highest BCUT2D eigenvalue weighted by Crippen LogP contribution is 2.44. The van der Waals surface area contributed by atoms with Crippen molar-refractivity contribution in [3.8, 4) is 11.1 Å². The van der Waals surface area contributed by atoms with Crippen LogP contribution >= 0.6 is 0 Å². The molecule has 0 aromatic heterocycles. The highest BCUT2D eigenvalue weighted by atomic mass is 16.5. The van der Waals surface area contributed by atoms with Gasteiger partial charge in [-0.1, -0.05) is 74.7 Å². The summed E-state index contributed by atoms with van der Waals surface area (Å²) in [5.41, 5.74) is 3.62. The van der Waals surface area contributed by atoms with Crippen molar-refractivity contribution < 1.29 is 24.2 Å². The van der Waals surface area contributed by atoms with Crippen LogP contribution in [0.5, 0.6) is 0 Å². The Labute approximate surface area is 206 Å². The van der Waals surface area contributed by atoms with Gasteiger partial charge in [-0.15, -0.1) is 0 Å². The smallest absolute Gasteiger partial charge is 0.408 e. The number of aliphatic carboxylic acids is 1. The number of amides is 2. The van der Waals surface area contributed by atoms with Crippen molar-refractivity contribution in [2.75, 3.05) is 13.2 Å². The molecule has 1 saturated carbocycles. The number of alkyl carbamates (subject to hydrolysis) is 1. The topological polar surface area (TPSA) is 105 Å². The molecule has 0 saturated heterocycles. The number of rotatable bonds is 9. The van der Waals surface area contributed by atoms with Crippen molar-refractivity contribution in [3.05, 3.63) is 59.7 Å². The molecule has 0 radical (unpaired) electrons. The predicted molar refractivity (Wildman–Crippen MR) is 133 cm³/mol. The van der Waals surface area contributed by atoms with E-state index in [-0.39, 0.29) is 30.8 Å². The fourth-order valence-corrected chi connectivity index (χ4v) is 5.30. The fraction of sp³-hybridized carbons (Fsp3) is 0.464. The van der Waals surface area contributed by atoms with Crippen LogP contribution in [0, 0.1) is 5.92 Å². The second-order valence-electron chi connectivity index (χ2n) is 9.84. The molecule has 7 nitrogen and oxygen atoms in total. The van der Waals surface area contributed by atoms with Crippen molar-refractivity contribution in [2.24, 2.45) is 5.92 Å². The summed E-state index contributed by atoms with van der Waals surface area (Å²) in [4.78, 5) is 36.9. The lowest BCUT2D eigenvalue weighted by Gasteiger charge is -2.36. The quantitative estimate of drug-likeness (QED) is 0.478. The van der Waals surface area contributed by atoms with Crippen LogP contribution in [0.1, 0.15) is 68.9 Å². The van der Waals surface area contributed by atoms with Crippen LogP contribution in [-0.2, 0) is 14.3 Å². The molecule has 1 fully saturated rings. The molecule has 3 N–H and O–H groups in total. The van der Waals surface area contributed by atoms with E-state index in [1.807, 2.05) is 31.2 Å². The second kappa shape index (κ2) is 10.9. The Morgan fingerprint density at radius 2 is 1.60 bits per heavy atom. The maximum absolute atomic E-state index is 13.2. The first kappa shape index (κ1) is 24.8. The summed E-state index contributed by atoms with van der Waals surface area (Å²) in [6, 6.07) is 16.3. The van der Waals surface area contributed by atoms with Crippen LogP contribution in [0.3, 0.4) is 0 Å². The maximum atomic E-state index is 13.2. The van der Waals surface area contributed by atoms with Gasteiger partial charge in [-0.25, -0.2) is 4.79 Å². The standard InChI is InChI=1S/C28H34N2O5/c1-19(13-14-25(31)32)17-29-26(33)28(15-7-2-8-16-28)30-27(34)35-18-24-22-11-5-3-9-20(22)21-10-4-6-12-23(21)24/h3-6,9-12,19,24H,2,7-8,13-18H2,1H3,(H,29,33)(H,30,34)(H,31,32). The molecule has 0 bridgehead atoms. The van der Waals surface area contributed by atoms with Crippen LogP contribution in [-0.4, -0.2) is 41.8 Å². The molecule has 0 spiro atoms. The number of carbonyl (C=O) groups is 3. The summed E-state index contributed by atoms with van der Waals surface area (Å²) in [6.07, 6.45) is 3.83. The SMILES string of the molecule is CC(CCC(=O)O)CNC(=O)C1(NC(=O)OCC2c3ccccc3-c3ccccc32)CCCCC1. The normalized spacial score (nSPS) is 17.1. The van der Waals surface area contributed by atoms with E-state index >= 15 is 0 Å². The van der Waals surface area contributed by atoms with Gasteiger partial charge >= 0.3 is 12.1 Å². The van der Waals surface area contributed by atoms with Crippen molar-refractivity contribution in [1.82, 2.24) is 10.6 Å². The predicted octanol–water partition coefficient (Wildman–Crippen LogP) is 4.85. The van der Waals surface area contributed by atoms with E-state index in [0.29, 0.717) is 25.8 Å². The molecule has 7 heteroatoms. The first-order valence-electron chi connectivity index (χ1n) is 12.5. The number of ether oxygens (including phenoxy) is 1. The van der Waals surface area contributed by atoms with Gasteiger partial charge < -0.3 is 20.5 Å². The van der Waals surface area contributed by atoms with E-state index in [1.54, 1.807) is 0 Å². The third kappa shape index (κ3) is 5.66. The van der Waals surface area contributed by atoms with Gasteiger partial charge in [0.2, 0.25) is 5.91 Å². The van der Waals surface area contributed by atoms with Gasteiger partial charge in [0.25, 0.3) is 0 Å². The minimum Gasteiger partial charge on any atom is -0.481 e. The first-order valence-corrected chi connectivity index (χ1v) is 12.5. The van der Waals surface area contributed by atoms with Crippen LogP contribution in [0.15, 0.2) is 48.5 Å². The van der Waals surface area contributed by atoms with Gasteiger partial charge in [0.05, 0.1) is 0 Å². The Hall–Kier alpha value is -3.35. The number of benzene rings is 2. The number of nitrogens with one attached hydrogen (secondary N) is 2. The molecule has 35 heavy (non-hydrogen) atoms. The number of hydrogen-bond acceptors (Lipinski definition) is 4. The van der Waals surface area contributed by atoms with E-state index in [9.17, 15) is 14.4 Å². The molecular weight excluding hydrogens is 444 g/mol. The largest absolute Gasteiger partial charge is 0.481 e. The molecule has 2 amide bonds. The summed E-state index contributed by atoms with van der Waals surface area (Å²) >= 11 is 0. The molecule has 1 unspecified atom stereocenters. The molecule has 2 aromatic carbocycles. The van der Waals surface area contributed by atoms with Gasteiger partial charge in [0, 0.05) is 18.9 Å². The lowest BCUT2D eigenvalue weighted by atomic mass is 9.81. The second-order valence-corrected chi connectivity index (χ2v) is 9.84. The minimum absolute atomic E-state index is 0.0325. The average molecular weight is 479 g/mol. The van der Waals surface area contributed by atoms with E-state index < -0.39 is 17.6 Å². The number of hydrogen-bond donors (Lipinski definition) is 3. The van der Waals surface area contributed by atoms with Crippen molar-refractivity contribution in [1.29, 1.82) is 0 Å². The van der Waals surface area contributed by atoms with Crippen molar-refractivity contribution >= 4 is 18.0 Å². The van der Waals surface area contributed by atoms with Crippen LogP contribution in [0.2, 0.25) is 0 Å². The summed E-state index contributed by atoms with van der Waals surface area (Å²) in [6.45, 7) is 2.49. The number of fused-ring (bicyclic) bond motifs is 3. The van der Waals surface area contributed by atoms with Gasteiger partial charge in [-0.05, 0) is 47.4 Å². The van der Waals surface area contributed by atoms with Crippen molar-refractivity contribution in [3.63, 3.8) is 0 Å². The minimum atomic E-state index is -0.993. The molecule has 2 aromatic rings. The Balaban J connectivity index is 1.39. The molecule has 2 aliphatic rings. The molecule has 1 atom stereocenters. The number of carbonyl (C=O) groups excluding carboxylic acids is 2. The third-order valence-electron chi connectivity index (χ3n) is 7.29. The van der Waals surface area contributed by atoms with Crippen LogP contribution in [0.25, 0.3) is 11.1 Å². The highest BCUT2D eigenvalue weighted by Gasteiger charge is 2.41. The zero-order chi connectivity index (χ0) is 24.8. The zero-order valence-corrected chi connectivity index (χ0v) is 20.2. The number of carboxylic acid groups (broad SMARTS) is 1. The summed E-state index contributed by atoms with van der Waals surface area (Å²) in [5, 5.41) is 14.7. The zero-order valence-electron chi connectivity index (χ0n) is 20.2. The third-order valence-corrected chi connectivity index (χ3v) is 7.29. The van der Waals surface area contributed by atoms with Crippen LogP contribution in [0.4, 0.5) is 4.79 Å². The molecule has 4 rings (SSSR count). The van der Waals surface area contributed by atoms with E-state index in [4.69, 9.17) is 9.84 Å². The summed E-state index contributed by atoms with van der Waals surface area (Å²) in [5.74, 6) is -1.07. The molecule has 2 aliphatic carbocycles. The molecule has 0 heterocycles. The fourth-order valence-electron chi connectivity index (χ4n) is 5.30. The van der Waals surface area contributed by atoms with Crippen molar-refractivity contribution in [2.45, 2.75) is 63.3 Å². The molecular formula is C28H34N2O5. The van der Waals surface area contributed by atoms with Gasteiger partial charge in [-0.3, -0.25) is 9.59 Å². The summed E-state index contributed by atoms with van der Waals surface area (Å²) < 4.78 is 5.71. The average Bonchev–Trinajstić information content (AvgIpc) is 3.19. The van der Waals surface area contributed by atoms with E-state index in [1.165, 1.54) is 0 Å². The Kier molecular flexibility index (Phi) is 7.73. The molecule has 186 valence electrons. The highest BCUT2D eigenvalue weighted by molar-refractivity contribution is 5.90. The lowest BCUT2D eigenvalue weighted by Crippen LogP contribution is -2.60. The van der Waals surface area contributed by atoms with Gasteiger partial charge in [-0.2, -0.15) is 0 Å². The monoisotopic (exact) mass is 478 g/mol. The lowest BCUT2D eigenvalue weighted by molar-refractivity contribution is -0.137. The Bertz CT molecular complexity index is 1030. The number of carboxylic acids is 1. The first-order chi connectivity index (χ1) is 16.9. The van der Waals surface area contributed by atoms with E-state index in [0.717, 1.165) is 41.5 Å².